The van der Waals surface area contributed by atoms with E-state index in [1.807, 2.05) is 0 Å². The number of nitrogens with one attached hydrogen (secondary N) is 1. The fourth-order valence-corrected chi connectivity index (χ4v) is 4.16. The fraction of sp³-hybridized carbons (Fsp3) is 0.571. The number of rotatable bonds is 3. The van der Waals surface area contributed by atoms with Crippen LogP contribution < -0.4 is 5.32 Å². The van der Waals surface area contributed by atoms with Gasteiger partial charge in [-0.25, -0.2) is 8.42 Å². The quantitative estimate of drug-likeness (QED) is 0.922. The number of hydrogen-bond acceptors (Lipinski definition) is 3. The van der Waals surface area contributed by atoms with Crippen molar-refractivity contribution < 1.29 is 21.6 Å². The molecule has 4 nitrogen and oxygen atoms in total. The SMILES string of the molecule is CNC1CCCN(S(=O)(=O)c2ccc(C)c(C(F)(F)F)c2)C1. The van der Waals surface area contributed by atoms with Gasteiger partial charge in [-0.3, -0.25) is 0 Å². The Hall–Kier alpha value is -1.12. The van der Waals surface area contributed by atoms with Crippen LogP contribution in [0, 0.1) is 6.92 Å². The number of nitrogens with zero attached hydrogens (tertiary/aromatic N) is 1. The van der Waals surface area contributed by atoms with Gasteiger partial charge in [-0.15, -0.1) is 0 Å². The van der Waals surface area contributed by atoms with E-state index in [1.165, 1.54) is 23.4 Å². The minimum absolute atomic E-state index is 0.0122. The van der Waals surface area contributed by atoms with Gasteiger partial charge < -0.3 is 5.32 Å². The lowest BCUT2D eigenvalue weighted by molar-refractivity contribution is -0.138. The van der Waals surface area contributed by atoms with Crippen LogP contribution in [0.1, 0.15) is 24.0 Å². The maximum Gasteiger partial charge on any atom is 0.416 e. The molecule has 1 saturated heterocycles. The molecule has 0 spiro atoms. The maximum atomic E-state index is 13.0. The Morgan fingerprint density at radius 3 is 2.59 bits per heavy atom. The van der Waals surface area contributed by atoms with E-state index in [-0.39, 0.29) is 23.0 Å². The highest BCUT2D eigenvalue weighted by Gasteiger charge is 2.35. The molecular formula is C14H19F3N2O2S. The van der Waals surface area contributed by atoms with Crippen molar-refractivity contribution in [3.05, 3.63) is 29.3 Å². The summed E-state index contributed by atoms with van der Waals surface area (Å²) in [5, 5.41) is 3.02. The third-order valence-corrected chi connectivity index (χ3v) is 5.81. The molecule has 124 valence electrons. The number of halogens is 3. The Balaban J connectivity index is 2.38. The molecule has 1 aliphatic heterocycles. The molecule has 0 saturated carbocycles. The van der Waals surface area contributed by atoms with E-state index in [1.54, 1.807) is 7.05 Å². The van der Waals surface area contributed by atoms with Crippen LogP contribution in [0.2, 0.25) is 0 Å². The molecule has 2 rings (SSSR count). The maximum absolute atomic E-state index is 13.0. The topological polar surface area (TPSA) is 49.4 Å². The van der Waals surface area contributed by atoms with E-state index in [0.717, 1.165) is 12.5 Å². The first-order valence-electron chi connectivity index (χ1n) is 7.01. The van der Waals surface area contributed by atoms with Gasteiger partial charge in [0, 0.05) is 19.1 Å². The second-order valence-corrected chi connectivity index (χ2v) is 7.40. The number of alkyl halides is 3. The highest BCUT2D eigenvalue weighted by atomic mass is 32.2. The minimum Gasteiger partial charge on any atom is -0.316 e. The summed E-state index contributed by atoms with van der Waals surface area (Å²) >= 11 is 0. The van der Waals surface area contributed by atoms with Crippen molar-refractivity contribution in [1.82, 2.24) is 9.62 Å². The smallest absolute Gasteiger partial charge is 0.316 e. The first-order valence-corrected chi connectivity index (χ1v) is 8.45. The molecule has 1 atom stereocenters. The average molecular weight is 336 g/mol. The Bertz CT molecular complexity index is 644. The van der Waals surface area contributed by atoms with Crippen LogP contribution in [0.25, 0.3) is 0 Å². The average Bonchev–Trinajstić information content (AvgIpc) is 2.46. The number of aryl methyl sites for hydroxylation is 1. The van der Waals surface area contributed by atoms with Gasteiger partial charge >= 0.3 is 6.18 Å². The normalized spacial score (nSPS) is 21.0. The summed E-state index contributed by atoms with van der Waals surface area (Å²) in [5.74, 6) is 0. The highest BCUT2D eigenvalue weighted by Crippen LogP contribution is 2.34. The molecule has 0 aromatic heterocycles. The standard InChI is InChI=1S/C14H19F3N2O2S/c1-10-5-6-12(8-13(10)14(15,16)17)22(20,21)19-7-3-4-11(9-19)18-2/h5-6,8,11,18H,3-4,7,9H2,1-2H3. The van der Waals surface area contributed by atoms with Crippen molar-refractivity contribution in [2.75, 3.05) is 20.1 Å². The lowest BCUT2D eigenvalue weighted by atomic mass is 10.1. The summed E-state index contributed by atoms with van der Waals surface area (Å²) in [5.41, 5.74) is -0.894. The number of hydrogen-bond donors (Lipinski definition) is 1. The molecule has 8 heteroatoms. The van der Waals surface area contributed by atoms with E-state index in [4.69, 9.17) is 0 Å². The molecule has 1 N–H and O–H groups in total. The van der Waals surface area contributed by atoms with Crippen LogP contribution in [0.5, 0.6) is 0 Å². The largest absolute Gasteiger partial charge is 0.416 e. The summed E-state index contributed by atoms with van der Waals surface area (Å²) in [6, 6.07) is 3.20. The predicted octanol–water partition coefficient (Wildman–Crippen LogP) is 2.39. The molecule has 0 aliphatic carbocycles. The van der Waals surface area contributed by atoms with E-state index < -0.39 is 21.8 Å². The predicted molar refractivity (Wildman–Crippen MR) is 77.0 cm³/mol. The zero-order valence-electron chi connectivity index (χ0n) is 12.4. The first-order chi connectivity index (χ1) is 10.2. The monoisotopic (exact) mass is 336 g/mol. The van der Waals surface area contributed by atoms with Gasteiger partial charge in [-0.05, 0) is 44.5 Å². The molecular weight excluding hydrogens is 317 g/mol. The zero-order chi connectivity index (χ0) is 16.5. The van der Waals surface area contributed by atoms with Crippen molar-refractivity contribution in [3.63, 3.8) is 0 Å². The van der Waals surface area contributed by atoms with Crippen LogP contribution in [-0.4, -0.2) is 38.9 Å². The molecule has 1 heterocycles. The number of likely N-dealkylation sites (N-methyl/N-ethyl adjacent to an activating group) is 1. The molecule has 1 aromatic carbocycles. The van der Waals surface area contributed by atoms with Crippen molar-refractivity contribution in [2.24, 2.45) is 0 Å². The van der Waals surface area contributed by atoms with Crippen LogP contribution in [-0.2, 0) is 16.2 Å². The summed E-state index contributed by atoms with van der Waals surface area (Å²) in [6.45, 7) is 1.92. The lowest BCUT2D eigenvalue weighted by Crippen LogP contribution is -2.46. The van der Waals surface area contributed by atoms with Crippen LogP contribution in [0.3, 0.4) is 0 Å². The molecule has 0 bridgehead atoms. The van der Waals surface area contributed by atoms with Gasteiger partial charge in [0.1, 0.15) is 0 Å². The van der Waals surface area contributed by atoms with E-state index in [9.17, 15) is 21.6 Å². The molecule has 0 amide bonds. The van der Waals surface area contributed by atoms with Crippen LogP contribution in [0.15, 0.2) is 23.1 Å². The van der Waals surface area contributed by atoms with Crippen molar-refractivity contribution in [1.29, 1.82) is 0 Å². The van der Waals surface area contributed by atoms with E-state index in [2.05, 4.69) is 5.32 Å². The van der Waals surface area contributed by atoms with Crippen LogP contribution in [0.4, 0.5) is 13.2 Å². The van der Waals surface area contributed by atoms with Gasteiger partial charge in [-0.1, -0.05) is 6.07 Å². The second kappa shape index (κ2) is 6.17. The molecule has 1 aromatic rings. The minimum atomic E-state index is -4.56. The second-order valence-electron chi connectivity index (χ2n) is 5.47. The summed E-state index contributed by atoms with van der Waals surface area (Å²) in [4.78, 5) is -0.304. The summed E-state index contributed by atoms with van der Waals surface area (Å²) < 4.78 is 65.3. The third kappa shape index (κ3) is 3.44. The van der Waals surface area contributed by atoms with Gasteiger partial charge in [0.25, 0.3) is 0 Å². The Labute approximate surface area is 128 Å². The van der Waals surface area contributed by atoms with Gasteiger partial charge in [0.05, 0.1) is 10.5 Å². The van der Waals surface area contributed by atoms with E-state index >= 15 is 0 Å². The number of piperidine rings is 1. The molecule has 1 aliphatic rings. The van der Waals surface area contributed by atoms with Gasteiger partial charge in [-0.2, -0.15) is 17.5 Å². The molecule has 0 radical (unpaired) electrons. The lowest BCUT2D eigenvalue weighted by Gasteiger charge is -2.31. The molecule has 1 unspecified atom stereocenters. The van der Waals surface area contributed by atoms with Crippen molar-refractivity contribution >= 4 is 10.0 Å². The number of benzene rings is 1. The third-order valence-electron chi connectivity index (χ3n) is 3.94. The molecule has 22 heavy (non-hydrogen) atoms. The summed E-state index contributed by atoms with van der Waals surface area (Å²) in [6.07, 6.45) is -3.03. The van der Waals surface area contributed by atoms with Crippen LogP contribution >= 0.6 is 0 Å². The highest BCUT2D eigenvalue weighted by molar-refractivity contribution is 7.89. The summed E-state index contributed by atoms with van der Waals surface area (Å²) in [7, 11) is -2.17. The number of sulfonamides is 1. The zero-order valence-corrected chi connectivity index (χ0v) is 13.3. The molecule has 1 fully saturated rings. The van der Waals surface area contributed by atoms with Gasteiger partial charge in [0.15, 0.2) is 0 Å². The van der Waals surface area contributed by atoms with Crippen molar-refractivity contribution in [3.8, 4) is 0 Å². The van der Waals surface area contributed by atoms with Crippen molar-refractivity contribution in [2.45, 2.75) is 36.9 Å². The Morgan fingerprint density at radius 2 is 2.00 bits per heavy atom. The Kier molecular flexibility index (Phi) is 4.84. The van der Waals surface area contributed by atoms with E-state index in [0.29, 0.717) is 13.0 Å². The Morgan fingerprint density at radius 1 is 1.32 bits per heavy atom. The fourth-order valence-electron chi connectivity index (χ4n) is 2.61. The van der Waals surface area contributed by atoms with Gasteiger partial charge in [0.2, 0.25) is 10.0 Å². The first kappa shape index (κ1) is 17.2.